The number of rotatable bonds is 7. The van der Waals surface area contributed by atoms with Gasteiger partial charge in [0.25, 0.3) is 5.91 Å². The third-order valence-electron chi connectivity index (χ3n) is 4.19. The van der Waals surface area contributed by atoms with Crippen LogP contribution in [0.25, 0.3) is 0 Å². The molecule has 1 aromatic carbocycles. The summed E-state index contributed by atoms with van der Waals surface area (Å²) in [4.78, 5) is 27.4. The molecule has 26 heavy (non-hydrogen) atoms. The summed E-state index contributed by atoms with van der Waals surface area (Å²) in [6, 6.07) is 5.96. The SMILES string of the molecule is CCOC(=O)c1c(C)[nH]c(C(=O)NCCOc2c(C)cccc2C)c1C. The summed E-state index contributed by atoms with van der Waals surface area (Å²) in [5.41, 5.74) is 4.13. The third-order valence-corrected chi connectivity index (χ3v) is 4.19. The molecule has 6 heteroatoms. The van der Waals surface area contributed by atoms with Crippen LogP contribution >= 0.6 is 0 Å². The standard InChI is InChI=1S/C20H26N2O4/c1-6-25-20(24)16-14(4)17(22-15(16)5)19(23)21-10-11-26-18-12(2)8-7-9-13(18)3/h7-9,22H,6,10-11H2,1-5H3,(H,21,23). The maximum absolute atomic E-state index is 12.4. The quantitative estimate of drug-likeness (QED) is 0.588. The van der Waals surface area contributed by atoms with Gasteiger partial charge in [-0.1, -0.05) is 18.2 Å². The number of aryl methyl sites for hydroxylation is 3. The third kappa shape index (κ3) is 4.25. The number of carbonyl (C=O) groups excluding carboxylic acids is 2. The Morgan fingerprint density at radius 3 is 2.38 bits per heavy atom. The zero-order valence-corrected chi connectivity index (χ0v) is 16.0. The number of benzene rings is 1. The molecular formula is C20H26N2O4. The van der Waals surface area contributed by atoms with E-state index < -0.39 is 5.97 Å². The largest absolute Gasteiger partial charge is 0.491 e. The topological polar surface area (TPSA) is 80.4 Å². The van der Waals surface area contributed by atoms with Crippen LogP contribution < -0.4 is 10.1 Å². The van der Waals surface area contributed by atoms with Crippen molar-refractivity contribution in [3.05, 3.63) is 51.8 Å². The van der Waals surface area contributed by atoms with Gasteiger partial charge in [-0.15, -0.1) is 0 Å². The molecule has 0 fully saturated rings. The lowest BCUT2D eigenvalue weighted by Crippen LogP contribution is -2.29. The van der Waals surface area contributed by atoms with Gasteiger partial charge in [-0.3, -0.25) is 4.79 Å². The van der Waals surface area contributed by atoms with E-state index in [1.165, 1.54) is 0 Å². The van der Waals surface area contributed by atoms with E-state index in [0.717, 1.165) is 16.9 Å². The van der Waals surface area contributed by atoms with E-state index >= 15 is 0 Å². The average Bonchev–Trinajstić information content (AvgIpc) is 2.88. The molecule has 0 aliphatic rings. The Bertz CT molecular complexity index is 788. The Balaban J connectivity index is 1.96. The van der Waals surface area contributed by atoms with Gasteiger partial charge in [0.2, 0.25) is 0 Å². The van der Waals surface area contributed by atoms with Crippen LogP contribution in [-0.2, 0) is 4.74 Å². The number of hydrogen-bond donors (Lipinski definition) is 2. The van der Waals surface area contributed by atoms with E-state index in [0.29, 0.717) is 42.3 Å². The van der Waals surface area contributed by atoms with Crippen molar-refractivity contribution < 1.29 is 19.1 Å². The Kier molecular flexibility index (Phi) is 6.44. The van der Waals surface area contributed by atoms with Crippen molar-refractivity contribution in [3.8, 4) is 5.75 Å². The minimum Gasteiger partial charge on any atom is -0.491 e. The summed E-state index contributed by atoms with van der Waals surface area (Å²) in [7, 11) is 0. The summed E-state index contributed by atoms with van der Waals surface area (Å²) in [5, 5.41) is 2.81. The number of ether oxygens (including phenoxy) is 2. The van der Waals surface area contributed by atoms with Gasteiger partial charge >= 0.3 is 5.97 Å². The Labute approximate surface area is 153 Å². The molecule has 1 aromatic heterocycles. The molecule has 0 aliphatic carbocycles. The first-order chi connectivity index (χ1) is 12.4. The second kappa shape index (κ2) is 8.56. The van der Waals surface area contributed by atoms with Gasteiger partial charge in [-0.05, 0) is 51.3 Å². The maximum atomic E-state index is 12.4. The highest BCUT2D eigenvalue weighted by Crippen LogP contribution is 2.22. The molecule has 2 rings (SSSR count). The summed E-state index contributed by atoms with van der Waals surface area (Å²) in [6.07, 6.45) is 0. The van der Waals surface area contributed by atoms with Crippen LogP contribution in [0.4, 0.5) is 0 Å². The molecule has 0 radical (unpaired) electrons. The number of hydrogen-bond acceptors (Lipinski definition) is 4. The van der Waals surface area contributed by atoms with E-state index in [1.54, 1.807) is 20.8 Å². The van der Waals surface area contributed by atoms with Crippen LogP contribution in [0.5, 0.6) is 5.75 Å². The van der Waals surface area contributed by atoms with E-state index in [4.69, 9.17) is 9.47 Å². The van der Waals surface area contributed by atoms with Gasteiger partial charge in [0.05, 0.1) is 18.7 Å². The van der Waals surface area contributed by atoms with Crippen molar-refractivity contribution >= 4 is 11.9 Å². The van der Waals surface area contributed by atoms with Crippen molar-refractivity contribution in [2.24, 2.45) is 0 Å². The Morgan fingerprint density at radius 2 is 1.77 bits per heavy atom. The van der Waals surface area contributed by atoms with Gasteiger partial charge in [0, 0.05) is 5.69 Å². The van der Waals surface area contributed by atoms with Crippen molar-refractivity contribution in [2.75, 3.05) is 19.8 Å². The predicted octanol–water partition coefficient (Wildman–Crippen LogP) is 3.23. The van der Waals surface area contributed by atoms with Crippen LogP contribution in [0, 0.1) is 27.7 Å². The predicted molar refractivity (Wildman–Crippen MR) is 100.0 cm³/mol. The molecule has 6 nitrogen and oxygen atoms in total. The van der Waals surface area contributed by atoms with E-state index in [2.05, 4.69) is 10.3 Å². The maximum Gasteiger partial charge on any atom is 0.340 e. The molecule has 1 amide bonds. The smallest absolute Gasteiger partial charge is 0.340 e. The first-order valence-electron chi connectivity index (χ1n) is 8.70. The van der Waals surface area contributed by atoms with Crippen LogP contribution in [0.15, 0.2) is 18.2 Å². The van der Waals surface area contributed by atoms with Crippen molar-refractivity contribution in [1.29, 1.82) is 0 Å². The lowest BCUT2D eigenvalue weighted by Gasteiger charge is -2.12. The normalized spacial score (nSPS) is 10.5. The Hall–Kier alpha value is -2.76. The summed E-state index contributed by atoms with van der Waals surface area (Å²) < 4.78 is 10.8. The first kappa shape index (κ1) is 19.6. The molecule has 140 valence electrons. The van der Waals surface area contributed by atoms with Gasteiger partial charge < -0.3 is 19.8 Å². The van der Waals surface area contributed by atoms with E-state index in [9.17, 15) is 9.59 Å². The van der Waals surface area contributed by atoms with Crippen molar-refractivity contribution in [2.45, 2.75) is 34.6 Å². The molecular weight excluding hydrogens is 332 g/mol. The van der Waals surface area contributed by atoms with Crippen LogP contribution in [-0.4, -0.2) is 36.6 Å². The zero-order chi connectivity index (χ0) is 19.3. The lowest BCUT2D eigenvalue weighted by atomic mass is 10.1. The number of aromatic amines is 1. The highest BCUT2D eigenvalue weighted by atomic mass is 16.5. The summed E-state index contributed by atoms with van der Waals surface area (Å²) >= 11 is 0. The summed E-state index contributed by atoms with van der Waals surface area (Å²) in [5.74, 6) is 0.153. The lowest BCUT2D eigenvalue weighted by molar-refractivity contribution is 0.0525. The first-order valence-corrected chi connectivity index (χ1v) is 8.70. The minimum absolute atomic E-state index is 0.272. The molecule has 1 heterocycles. The number of amides is 1. The number of H-pyrrole nitrogens is 1. The van der Waals surface area contributed by atoms with Gasteiger partial charge in [-0.25, -0.2) is 4.79 Å². The molecule has 0 aliphatic heterocycles. The fourth-order valence-electron chi connectivity index (χ4n) is 2.92. The second-order valence-corrected chi connectivity index (χ2v) is 6.17. The van der Waals surface area contributed by atoms with Crippen LogP contribution in [0.2, 0.25) is 0 Å². The summed E-state index contributed by atoms with van der Waals surface area (Å²) in [6.45, 7) is 10.2. The number of aromatic nitrogens is 1. The number of carbonyl (C=O) groups is 2. The van der Waals surface area contributed by atoms with E-state index in [-0.39, 0.29) is 5.91 Å². The minimum atomic E-state index is -0.420. The molecule has 0 saturated heterocycles. The van der Waals surface area contributed by atoms with Gasteiger partial charge in [-0.2, -0.15) is 0 Å². The highest BCUT2D eigenvalue weighted by molar-refractivity contribution is 6.00. The van der Waals surface area contributed by atoms with Crippen molar-refractivity contribution in [3.63, 3.8) is 0 Å². The number of para-hydroxylation sites is 1. The fourth-order valence-corrected chi connectivity index (χ4v) is 2.92. The molecule has 0 spiro atoms. The highest BCUT2D eigenvalue weighted by Gasteiger charge is 2.22. The van der Waals surface area contributed by atoms with Crippen LogP contribution in [0.1, 0.15) is 50.2 Å². The molecule has 2 N–H and O–H groups in total. The van der Waals surface area contributed by atoms with Gasteiger partial charge in [0.15, 0.2) is 0 Å². The zero-order valence-electron chi connectivity index (χ0n) is 16.0. The molecule has 0 atom stereocenters. The average molecular weight is 358 g/mol. The molecule has 0 unspecified atom stereocenters. The molecule has 0 saturated carbocycles. The fraction of sp³-hybridized carbons (Fsp3) is 0.400. The molecule has 0 bridgehead atoms. The van der Waals surface area contributed by atoms with Crippen LogP contribution in [0.3, 0.4) is 0 Å². The van der Waals surface area contributed by atoms with Crippen molar-refractivity contribution in [1.82, 2.24) is 10.3 Å². The second-order valence-electron chi connectivity index (χ2n) is 6.17. The monoisotopic (exact) mass is 358 g/mol. The Morgan fingerprint density at radius 1 is 1.12 bits per heavy atom. The molecule has 2 aromatic rings. The van der Waals surface area contributed by atoms with Gasteiger partial charge in [0.1, 0.15) is 18.1 Å². The van der Waals surface area contributed by atoms with E-state index in [1.807, 2.05) is 32.0 Å². The number of nitrogens with one attached hydrogen (secondary N) is 2. The number of esters is 1.